The van der Waals surface area contributed by atoms with Gasteiger partial charge >= 0.3 is 0 Å². The van der Waals surface area contributed by atoms with Gasteiger partial charge < -0.3 is 11.1 Å². The van der Waals surface area contributed by atoms with Crippen LogP contribution in [0.5, 0.6) is 0 Å². The van der Waals surface area contributed by atoms with E-state index in [2.05, 4.69) is 10.3 Å². The van der Waals surface area contributed by atoms with Crippen LogP contribution in [0.1, 0.15) is 24.9 Å². The Morgan fingerprint density at radius 1 is 1.69 bits per heavy atom. The van der Waals surface area contributed by atoms with Crippen molar-refractivity contribution in [3.63, 3.8) is 0 Å². The van der Waals surface area contributed by atoms with E-state index < -0.39 is 6.04 Å². The molecule has 0 spiro atoms. The molecule has 1 unspecified atom stereocenters. The number of hydrogen-bond acceptors (Lipinski definition) is 4. The van der Waals surface area contributed by atoms with E-state index >= 15 is 0 Å². The Hall–Kier alpha value is -0.940. The first-order chi connectivity index (χ1) is 6.11. The molecule has 2 atom stereocenters. The van der Waals surface area contributed by atoms with Crippen LogP contribution in [0.4, 0.5) is 0 Å². The molecule has 1 heterocycles. The smallest absolute Gasteiger partial charge is 0.237 e. The maximum absolute atomic E-state index is 11.2. The Kier molecular flexibility index (Phi) is 3.39. The van der Waals surface area contributed by atoms with Crippen molar-refractivity contribution in [2.24, 2.45) is 5.73 Å². The third-order valence-electron chi connectivity index (χ3n) is 1.59. The molecule has 5 heteroatoms. The van der Waals surface area contributed by atoms with Gasteiger partial charge in [0.05, 0.1) is 12.1 Å². The van der Waals surface area contributed by atoms with Gasteiger partial charge in [-0.05, 0) is 13.8 Å². The van der Waals surface area contributed by atoms with E-state index in [0.29, 0.717) is 0 Å². The molecule has 0 fully saturated rings. The number of carbonyl (C=O) groups excluding carboxylic acids is 1. The zero-order valence-corrected chi connectivity index (χ0v) is 8.47. The molecular formula is C8H13N3OS. The topological polar surface area (TPSA) is 68.0 Å². The van der Waals surface area contributed by atoms with Gasteiger partial charge in [0.15, 0.2) is 0 Å². The van der Waals surface area contributed by atoms with E-state index in [0.717, 1.165) is 5.01 Å². The standard InChI is InChI=1S/C8H13N3OS/c1-5(9)7(12)11-6(2)8-10-3-4-13-8/h3-6H,9H2,1-2H3,(H,11,12)/t5?,6-/m0/s1. The first-order valence-corrected chi connectivity index (χ1v) is 4.94. The lowest BCUT2D eigenvalue weighted by molar-refractivity contribution is -0.122. The fraction of sp³-hybridized carbons (Fsp3) is 0.500. The molecular weight excluding hydrogens is 186 g/mol. The van der Waals surface area contributed by atoms with E-state index in [-0.39, 0.29) is 11.9 Å². The Labute approximate surface area is 81.2 Å². The number of nitrogens with two attached hydrogens (primary N) is 1. The molecule has 0 saturated heterocycles. The summed E-state index contributed by atoms with van der Waals surface area (Å²) in [5.74, 6) is -0.150. The molecule has 3 N–H and O–H groups in total. The number of nitrogens with zero attached hydrogens (tertiary/aromatic N) is 1. The number of rotatable bonds is 3. The molecule has 1 amide bonds. The molecule has 72 valence electrons. The second-order valence-electron chi connectivity index (χ2n) is 2.89. The fourth-order valence-corrected chi connectivity index (χ4v) is 1.50. The molecule has 0 aliphatic heterocycles. The van der Waals surface area contributed by atoms with Crippen molar-refractivity contribution in [1.82, 2.24) is 10.3 Å². The van der Waals surface area contributed by atoms with E-state index in [1.165, 1.54) is 11.3 Å². The Morgan fingerprint density at radius 2 is 2.38 bits per heavy atom. The van der Waals surface area contributed by atoms with Gasteiger partial charge in [-0.2, -0.15) is 0 Å². The minimum atomic E-state index is -0.470. The highest BCUT2D eigenvalue weighted by Crippen LogP contribution is 2.14. The number of thiazole rings is 1. The van der Waals surface area contributed by atoms with Crippen LogP contribution in [0, 0.1) is 0 Å². The lowest BCUT2D eigenvalue weighted by Crippen LogP contribution is -2.39. The van der Waals surface area contributed by atoms with Gasteiger partial charge in [-0.15, -0.1) is 11.3 Å². The van der Waals surface area contributed by atoms with E-state index in [1.54, 1.807) is 13.1 Å². The van der Waals surface area contributed by atoms with Crippen LogP contribution >= 0.6 is 11.3 Å². The number of amides is 1. The summed E-state index contributed by atoms with van der Waals surface area (Å²) in [4.78, 5) is 15.3. The van der Waals surface area contributed by atoms with Crippen molar-refractivity contribution < 1.29 is 4.79 Å². The average molecular weight is 199 g/mol. The predicted octanol–water partition coefficient (Wildman–Crippen LogP) is 0.667. The molecule has 0 radical (unpaired) electrons. The van der Waals surface area contributed by atoms with Crippen LogP contribution in [0.3, 0.4) is 0 Å². The summed E-state index contributed by atoms with van der Waals surface area (Å²) in [6, 6.07) is -0.527. The highest BCUT2D eigenvalue weighted by molar-refractivity contribution is 7.09. The minimum absolute atomic E-state index is 0.0569. The zero-order chi connectivity index (χ0) is 9.84. The summed E-state index contributed by atoms with van der Waals surface area (Å²) in [6.07, 6.45) is 1.72. The summed E-state index contributed by atoms with van der Waals surface area (Å²) in [5, 5.41) is 5.54. The van der Waals surface area contributed by atoms with Gasteiger partial charge in [-0.25, -0.2) is 4.98 Å². The molecule has 0 aliphatic rings. The van der Waals surface area contributed by atoms with Gasteiger partial charge in [-0.3, -0.25) is 4.79 Å². The molecule has 1 aromatic heterocycles. The molecule has 1 aromatic rings. The first-order valence-electron chi connectivity index (χ1n) is 4.06. The minimum Gasteiger partial charge on any atom is -0.346 e. The average Bonchev–Trinajstić information content (AvgIpc) is 2.55. The quantitative estimate of drug-likeness (QED) is 0.751. The summed E-state index contributed by atoms with van der Waals surface area (Å²) in [5.41, 5.74) is 5.41. The lowest BCUT2D eigenvalue weighted by atomic mass is 10.3. The summed E-state index contributed by atoms with van der Waals surface area (Å²) in [7, 11) is 0. The van der Waals surface area contributed by atoms with Crippen LogP contribution in [0.25, 0.3) is 0 Å². The van der Waals surface area contributed by atoms with Crippen molar-refractivity contribution in [2.45, 2.75) is 25.9 Å². The van der Waals surface area contributed by atoms with E-state index in [9.17, 15) is 4.79 Å². The maximum atomic E-state index is 11.2. The summed E-state index contributed by atoms with van der Waals surface area (Å²) >= 11 is 1.52. The van der Waals surface area contributed by atoms with E-state index in [1.807, 2.05) is 12.3 Å². The largest absolute Gasteiger partial charge is 0.346 e. The fourth-order valence-electron chi connectivity index (χ4n) is 0.855. The number of nitrogens with one attached hydrogen (secondary N) is 1. The van der Waals surface area contributed by atoms with Gasteiger partial charge in [0.1, 0.15) is 5.01 Å². The van der Waals surface area contributed by atoms with Crippen LogP contribution in [-0.2, 0) is 4.79 Å². The van der Waals surface area contributed by atoms with Gasteiger partial charge in [-0.1, -0.05) is 0 Å². The van der Waals surface area contributed by atoms with Crippen molar-refractivity contribution in [3.8, 4) is 0 Å². The normalized spacial score (nSPS) is 15.0. The summed E-state index contributed by atoms with van der Waals surface area (Å²) < 4.78 is 0. The van der Waals surface area contributed by atoms with Crippen molar-refractivity contribution >= 4 is 17.2 Å². The first kappa shape index (κ1) is 10.1. The third kappa shape index (κ3) is 2.78. The van der Waals surface area contributed by atoms with Gasteiger partial charge in [0.2, 0.25) is 5.91 Å². The lowest BCUT2D eigenvalue weighted by Gasteiger charge is -2.12. The summed E-state index contributed by atoms with van der Waals surface area (Å²) in [6.45, 7) is 3.54. The maximum Gasteiger partial charge on any atom is 0.237 e. The number of carbonyl (C=O) groups is 1. The van der Waals surface area contributed by atoms with Crippen molar-refractivity contribution in [3.05, 3.63) is 16.6 Å². The molecule has 0 bridgehead atoms. The molecule has 13 heavy (non-hydrogen) atoms. The van der Waals surface area contributed by atoms with Crippen LogP contribution in [-0.4, -0.2) is 16.9 Å². The molecule has 1 rings (SSSR count). The molecule has 0 saturated carbocycles. The monoisotopic (exact) mass is 199 g/mol. The Balaban J connectivity index is 2.51. The SMILES string of the molecule is CC(N)C(=O)N[C@@H](C)c1nccs1. The predicted molar refractivity (Wildman–Crippen MR) is 52.3 cm³/mol. The highest BCUT2D eigenvalue weighted by Gasteiger charge is 2.13. The van der Waals surface area contributed by atoms with Crippen molar-refractivity contribution in [2.75, 3.05) is 0 Å². The molecule has 4 nitrogen and oxygen atoms in total. The molecule has 0 aliphatic carbocycles. The number of aromatic nitrogens is 1. The van der Waals surface area contributed by atoms with Gasteiger partial charge in [0, 0.05) is 11.6 Å². The Bertz CT molecular complexity index is 271. The number of hydrogen-bond donors (Lipinski definition) is 2. The van der Waals surface area contributed by atoms with E-state index in [4.69, 9.17) is 5.73 Å². The highest BCUT2D eigenvalue weighted by atomic mass is 32.1. The van der Waals surface area contributed by atoms with Crippen LogP contribution in [0.2, 0.25) is 0 Å². The Morgan fingerprint density at radius 3 is 2.85 bits per heavy atom. The third-order valence-corrected chi connectivity index (χ3v) is 2.55. The second kappa shape index (κ2) is 4.34. The van der Waals surface area contributed by atoms with Gasteiger partial charge in [0.25, 0.3) is 0 Å². The second-order valence-corrected chi connectivity index (χ2v) is 3.82. The van der Waals surface area contributed by atoms with Crippen LogP contribution < -0.4 is 11.1 Å². The molecule has 0 aromatic carbocycles. The zero-order valence-electron chi connectivity index (χ0n) is 7.65. The van der Waals surface area contributed by atoms with Crippen LogP contribution in [0.15, 0.2) is 11.6 Å². The van der Waals surface area contributed by atoms with Crippen molar-refractivity contribution in [1.29, 1.82) is 0 Å².